The zero-order valence-corrected chi connectivity index (χ0v) is 16.3. The van der Waals surface area contributed by atoms with Crippen molar-refractivity contribution in [1.29, 1.82) is 0 Å². The first-order valence-electron chi connectivity index (χ1n) is 8.26. The molecule has 0 aromatic heterocycles. The fourth-order valence-corrected chi connectivity index (χ4v) is 2.86. The van der Waals surface area contributed by atoms with E-state index in [0.29, 0.717) is 13.2 Å². The summed E-state index contributed by atoms with van der Waals surface area (Å²) in [7, 11) is 0. The minimum Gasteiger partial charge on any atom is -0.490 e. The second-order valence-electron chi connectivity index (χ2n) is 5.59. The van der Waals surface area contributed by atoms with Crippen molar-refractivity contribution in [1.82, 2.24) is 0 Å². The van der Waals surface area contributed by atoms with Crippen molar-refractivity contribution in [2.24, 2.45) is 4.99 Å². The Balaban J connectivity index is 2.33. The number of benzene rings is 2. The van der Waals surface area contributed by atoms with Gasteiger partial charge < -0.3 is 9.47 Å². The van der Waals surface area contributed by atoms with Gasteiger partial charge in [-0.1, -0.05) is 19.1 Å². The Labute approximate surface area is 152 Å². The second-order valence-corrected chi connectivity index (χ2v) is 6.44. The van der Waals surface area contributed by atoms with Crippen LogP contribution in [0.25, 0.3) is 0 Å². The highest BCUT2D eigenvalue weighted by molar-refractivity contribution is 9.10. The molecule has 0 saturated heterocycles. The lowest BCUT2D eigenvalue weighted by Gasteiger charge is -2.14. The van der Waals surface area contributed by atoms with Crippen LogP contribution in [0.3, 0.4) is 0 Å². The highest BCUT2D eigenvalue weighted by Gasteiger charge is 2.11. The molecule has 4 heteroatoms. The molecule has 0 amide bonds. The maximum absolute atomic E-state index is 5.81. The van der Waals surface area contributed by atoms with Gasteiger partial charge in [0.05, 0.1) is 23.4 Å². The molecule has 0 aliphatic rings. The molecule has 2 aromatic carbocycles. The molecule has 0 radical (unpaired) electrons. The van der Waals surface area contributed by atoms with E-state index >= 15 is 0 Å². The third-order valence-electron chi connectivity index (χ3n) is 3.71. The van der Waals surface area contributed by atoms with E-state index in [4.69, 9.17) is 9.47 Å². The standard InChI is InChI=1S/C20H24BrNO2/c1-5-10-24-20-17(21)11-16(12-19(20)23-6-2)13-22-18-9-7-8-14(3)15(18)4/h7-9,11-13H,5-6,10H2,1-4H3. The van der Waals surface area contributed by atoms with Gasteiger partial charge in [0, 0.05) is 6.21 Å². The van der Waals surface area contributed by atoms with Gasteiger partial charge in [-0.25, -0.2) is 0 Å². The predicted octanol–water partition coefficient (Wildman–Crippen LogP) is 6.00. The van der Waals surface area contributed by atoms with Crippen LogP contribution in [0, 0.1) is 13.8 Å². The smallest absolute Gasteiger partial charge is 0.175 e. The molecule has 24 heavy (non-hydrogen) atoms. The molecule has 128 valence electrons. The van der Waals surface area contributed by atoms with Crippen molar-refractivity contribution in [3.8, 4) is 11.5 Å². The Hall–Kier alpha value is -1.81. The highest BCUT2D eigenvalue weighted by Crippen LogP contribution is 2.37. The number of aryl methyl sites for hydroxylation is 1. The topological polar surface area (TPSA) is 30.8 Å². The largest absolute Gasteiger partial charge is 0.490 e. The molecule has 0 atom stereocenters. The van der Waals surface area contributed by atoms with Crippen molar-refractivity contribution in [3.63, 3.8) is 0 Å². The van der Waals surface area contributed by atoms with Gasteiger partial charge in [-0.2, -0.15) is 0 Å². The monoisotopic (exact) mass is 389 g/mol. The molecule has 0 aliphatic carbocycles. The Morgan fingerprint density at radius 2 is 1.92 bits per heavy atom. The first kappa shape index (κ1) is 18.5. The Morgan fingerprint density at radius 3 is 2.62 bits per heavy atom. The van der Waals surface area contributed by atoms with E-state index < -0.39 is 0 Å². The second kappa shape index (κ2) is 8.88. The van der Waals surface area contributed by atoms with E-state index in [0.717, 1.165) is 33.6 Å². The molecule has 2 rings (SSSR count). The predicted molar refractivity (Wildman–Crippen MR) is 104 cm³/mol. The normalized spacial score (nSPS) is 11.0. The van der Waals surface area contributed by atoms with Crippen LogP contribution >= 0.6 is 15.9 Å². The maximum atomic E-state index is 5.81. The molecule has 0 N–H and O–H groups in total. The summed E-state index contributed by atoms with van der Waals surface area (Å²) >= 11 is 3.58. The minimum absolute atomic E-state index is 0.590. The van der Waals surface area contributed by atoms with Crippen molar-refractivity contribution in [2.75, 3.05) is 13.2 Å². The molecule has 3 nitrogen and oxygen atoms in total. The summed E-state index contributed by atoms with van der Waals surface area (Å²) in [5.74, 6) is 1.49. The fourth-order valence-electron chi connectivity index (χ4n) is 2.29. The molecular formula is C20H24BrNO2. The van der Waals surface area contributed by atoms with Crippen molar-refractivity contribution in [3.05, 3.63) is 51.5 Å². The summed E-state index contributed by atoms with van der Waals surface area (Å²) in [4.78, 5) is 4.63. The number of nitrogens with zero attached hydrogens (tertiary/aromatic N) is 1. The number of hydrogen-bond donors (Lipinski definition) is 0. The van der Waals surface area contributed by atoms with E-state index in [1.165, 1.54) is 11.1 Å². The van der Waals surface area contributed by atoms with Gasteiger partial charge in [0.25, 0.3) is 0 Å². The van der Waals surface area contributed by atoms with Crippen LogP contribution in [0.1, 0.15) is 37.0 Å². The van der Waals surface area contributed by atoms with E-state index in [1.54, 1.807) is 0 Å². The van der Waals surface area contributed by atoms with Crippen molar-refractivity contribution in [2.45, 2.75) is 34.1 Å². The fraction of sp³-hybridized carbons (Fsp3) is 0.350. The van der Waals surface area contributed by atoms with Crippen LogP contribution in [0.2, 0.25) is 0 Å². The molecule has 0 saturated carbocycles. The van der Waals surface area contributed by atoms with Crippen LogP contribution in [0.4, 0.5) is 5.69 Å². The molecule has 0 spiro atoms. The van der Waals surface area contributed by atoms with Crippen LogP contribution in [0.5, 0.6) is 11.5 Å². The summed E-state index contributed by atoms with van der Waals surface area (Å²) in [5, 5.41) is 0. The first-order valence-corrected chi connectivity index (χ1v) is 9.05. The molecule has 0 unspecified atom stereocenters. The zero-order valence-electron chi connectivity index (χ0n) is 14.7. The molecule has 0 heterocycles. The summed E-state index contributed by atoms with van der Waals surface area (Å²) in [6.45, 7) is 9.48. The number of aliphatic imine (C=N–C) groups is 1. The molecule has 0 aliphatic heterocycles. The van der Waals surface area contributed by atoms with Crippen molar-refractivity contribution >= 4 is 27.8 Å². The number of rotatable bonds is 7. The van der Waals surface area contributed by atoms with Crippen LogP contribution < -0.4 is 9.47 Å². The Morgan fingerprint density at radius 1 is 1.12 bits per heavy atom. The van der Waals surface area contributed by atoms with Gasteiger partial charge in [-0.3, -0.25) is 4.99 Å². The zero-order chi connectivity index (χ0) is 17.5. The number of ether oxygens (including phenoxy) is 2. The lowest BCUT2D eigenvalue weighted by atomic mass is 10.1. The van der Waals surface area contributed by atoms with E-state index in [-0.39, 0.29) is 0 Å². The molecule has 0 fully saturated rings. The van der Waals surface area contributed by atoms with Gasteiger partial charge in [0.2, 0.25) is 0 Å². The third-order valence-corrected chi connectivity index (χ3v) is 4.30. The van der Waals surface area contributed by atoms with Crippen LogP contribution in [-0.4, -0.2) is 19.4 Å². The number of hydrogen-bond acceptors (Lipinski definition) is 3. The van der Waals surface area contributed by atoms with Gasteiger partial charge in [-0.05, 0) is 78.0 Å². The molecule has 0 bridgehead atoms. The summed E-state index contributed by atoms with van der Waals surface area (Å²) in [5.41, 5.74) is 4.38. The SMILES string of the molecule is CCCOc1c(Br)cc(C=Nc2cccc(C)c2C)cc1OCC. The van der Waals surface area contributed by atoms with Crippen molar-refractivity contribution < 1.29 is 9.47 Å². The Bertz CT molecular complexity index is 726. The highest BCUT2D eigenvalue weighted by atomic mass is 79.9. The summed E-state index contributed by atoms with van der Waals surface area (Å²) < 4.78 is 12.4. The molecular weight excluding hydrogens is 366 g/mol. The van der Waals surface area contributed by atoms with Gasteiger partial charge in [0.15, 0.2) is 11.5 Å². The third kappa shape index (κ3) is 4.60. The van der Waals surface area contributed by atoms with E-state index in [9.17, 15) is 0 Å². The van der Waals surface area contributed by atoms with Gasteiger partial charge in [-0.15, -0.1) is 0 Å². The van der Waals surface area contributed by atoms with Crippen LogP contribution in [-0.2, 0) is 0 Å². The first-order chi connectivity index (χ1) is 11.6. The summed E-state index contributed by atoms with van der Waals surface area (Å²) in [6.07, 6.45) is 2.81. The number of halogens is 1. The average Bonchev–Trinajstić information content (AvgIpc) is 2.56. The van der Waals surface area contributed by atoms with Gasteiger partial charge in [0.1, 0.15) is 0 Å². The lowest BCUT2D eigenvalue weighted by molar-refractivity contribution is 0.275. The quantitative estimate of drug-likeness (QED) is 0.543. The average molecular weight is 390 g/mol. The maximum Gasteiger partial charge on any atom is 0.175 e. The lowest BCUT2D eigenvalue weighted by Crippen LogP contribution is -2.01. The van der Waals surface area contributed by atoms with E-state index in [1.807, 2.05) is 37.4 Å². The van der Waals surface area contributed by atoms with Gasteiger partial charge >= 0.3 is 0 Å². The van der Waals surface area contributed by atoms with Crippen LogP contribution in [0.15, 0.2) is 39.8 Å². The Kier molecular flexibility index (Phi) is 6.85. The van der Waals surface area contributed by atoms with E-state index in [2.05, 4.69) is 47.8 Å². The molecule has 2 aromatic rings. The minimum atomic E-state index is 0.590. The summed E-state index contributed by atoms with van der Waals surface area (Å²) in [6, 6.07) is 10.1.